The highest BCUT2D eigenvalue weighted by atomic mass is 35.5. The molecule has 8 heteroatoms. The molecule has 3 rings (SSSR count). The second-order valence-corrected chi connectivity index (χ2v) is 6.45. The molecule has 28 heavy (non-hydrogen) atoms. The van der Waals surface area contributed by atoms with E-state index in [0.29, 0.717) is 16.3 Å². The van der Waals surface area contributed by atoms with Crippen LogP contribution in [0.5, 0.6) is 0 Å². The molecule has 0 saturated carbocycles. The fourth-order valence-electron chi connectivity index (χ4n) is 2.56. The monoisotopic (exact) mass is 406 g/mol. The lowest BCUT2D eigenvalue weighted by Crippen LogP contribution is -2.29. The first kappa shape index (κ1) is 19.7. The number of pyridine rings is 1. The molecule has 0 unspecified atom stereocenters. The van der Waals surface area contributed by atoms with Crippen LogP contribution in [-0.2, 0) is 12.7 Å². The van der Waals surface area contributed by atoms with Gasteiger partial charge in [0.15, 0.2) is 0 Å². The van der Waals surface area contributed by atoms with Gasteiger partial charge in [0.25, 0.3) is 11.5 Å². The molecule has 3 aromatic rings. The maximum atomic E-state index is 12.6. The predicted molar refractivity (Wildman–Crippen MR) is 101 cm³/mol. The van der Waals surface area contributed by atoms with E-state index >= 15 is 0 Å². The SMILES string of the molecule is O=C(Nc1ccc(Cl)cc1)c1cccn(Cc2ccc(C(F)(F)F)cc2)c1=O. The van der Waals surface area contributed by atoms with Crippen LogP contribution in [0.3, 0.4) is 0 Å². The van der Waals surface area contributed by atoms with Crippen LogP contribution >= 0.6 is 11.6 Å². The van der Waals surface area contributed by atoms with E-state index in [2.05, 4.69) is 5.32 Å². The molecular formula is C20H14ClF3N2O2. The largest absolute Gasteiger partial charge is 0.416 e. The van der Waals surface area contributed by atoms with Crippen molar-refractivity contribution in [1.29, 1.82) is 0 Å². The number of carbonyl (C=O) groups excluding carboxylic acids is 1. The summed E-state index contributed by atoms with van der Waals surface area (Å²) in [6, 6.07) is 13.8. The van der Waals surface area contributed by atoms with Crippen LogP contribution in [0, 0.1) is 0 Å². The van der Waals surface area contributed by atoms with Crippen molar-refractivity contribution in [3.05, 3.63) is 98.9 Å². The minimum Gasteiger partial charge on any atom is -0.322 e. The number of benzene rings is 2. The minimum atomic E-state index is -4.42. The van der Waals surface area contributed by atoms with Gasteiger partial charge in [-0.2, -0.15) is 13.2 Å². The summed E-state index contributed by atoms with van der Waals surface area (Å²) in [5.41, 5.74) is -0.407. The molecule has 0 spiro atoms. The first-order valence-electron chi connectivity index (χ1n) is 8.16. The maximum Gasteiger partial charge on any atom is 0.416 e. The standard InChI is InChI=1S/C20H14ClF3N2O2/c21-15-7-9-16(10-8-15)25-18(27)17-2-1-11-26(19(17)28)12-13-3-5-14(6-4-13)20(22,23)24/h1-11H,12H2,(H,25,27). The van der Waals surface area contributed by atoms with Gasteiger partial charge in [0.2, 0.25) is 0 Å². The molecule has 4 nitrogen and oxygen atoms in total. The summed E-state index contributed by atoms with van der Waals surface area (Å²) in [5, 5.41) is 3.12. The summed E-state index contributed by atoms with van der Waals surface area (Å²) < 4.78 is 39.2. The number of hydrogen-bond acceptors (Lipinski definition) is 2. The molecule has 1 N–H and O–H groups in total. The summed E-state index contributed by atoms with van der Waals surface area (Å²) in [6.07, 6.45) is -2.95. The predicted octanol–water partition coefficient (Wildman–Crippen LogP) is 4.82. The Balaban J connectivity index is 1.80. The number of hydrogen-bond donors (Lipinski definition) is 1. The summed E-state index contributed by atoms with van der Waals surface area (Å²) in [7, 11) is 0. The first-order chi connectivity index (χ1) is 13.2. The van der Waals surface area contributed by atoms with E-state index in [9.17, 15) is 22.8 Å². The second kappa shape index (κ2) is 7.90. The zero-order valence-electron chi connectivity index (χ0n) is 14.3. The fraction of sp³-hybridized carbons (Fsp3) is 0.100. The molecule has 0 atom stereocenters. The number of anilines is 1. The van der Waals surface area contributed by atoms with Crippen molar-refractivity contribution in [1.82, 2.24) is 4.57 Å². The van der Waals surface area contributed by atoms with Crippen LogP contribution < -0.4 is 10.9 Å². The van der Waals surface area contributed by atoms with Gasteiger partial charge < -0.3 is 9.88 Å². The van der Waals surface area contributed by atoms with Gasteiger partial charge in [-0.15, -0.1) is 0 Å². The highest BCUT2D eigenvalue weighted by Gasteiger charge is 2.29. The van der Waals surface area contributed by atoms with E-state index in [1.54, 1.807) is 24.3 Å². The molecule has 0 bridgehead atoms. The molecule has 0 saturated heterocycles. The van der Waals surface area contributed by atoms with Gasteiger partial charge in [0.1, 0.15) is 5.56 Å². The quantitative estimate of drug-likeness (QED) is 0.675. The first-order valence-corrected chi connectivity index (χ1v) is 8.54. The number of aromatic nitrogens is 1. The van der Waals surface area contributed by atoms with Gasteiger partial charge in [0, 0.05) is 16.9 Å². The van der Waals surface area contributed by atoms with Crippen molar-refractivity contribution >= 4 is 23.2 Å². The van der Waals surface area contributed by atoms with Crippen molar-refractivity contribution in [2.45, 2.75) is 12.7 Å². The van der Waals surface area contributed by atoms with Crippen molar-refractivity contribution in [2.75, 3.05) is 5.32 Å². The van der Waals surface area contributed by atoms with Gasteiger partial charge in [-0.25, -0.2) is 0 Å². The molecule has 1 aromatic heterocycles. The Labute approximate surface area is 163 Å². The molecule has 0 radical (unpaired) electrons. The Morgan fingerprint density at radius 2 is 1.64 bits per heavy atom. The van der Waals surface area contributed by atoms with Crippen LogP contribution in [0.15, 0.2) is 71.7 Å². The number of amides is 1. The van der Waals surface area contributed by atoms with Crippen LogP contribution in [-0.4, -0.2) is 10.5 Å². The third-order valence-electron chi connectivity index (χ3n) is 4.00. The summed E-state index contributed by atoms with van der Waals surface area (Å²) in [6.45, 7) is 0.0407. The average molecular weight is 407 g/mol. The van der Waals surface area contributed by atoms with Gasteiger partial charge in [0.05, 0.1) is 12.1 Å². The third-order valence-corrected chi connectivity index (χ3v) is 4.25. The third kappa shape index (κ3) is 4.61. The number of alkyl halides is 3. The van der Waals surface area contributed by atoms with Gasteiger partial charge in [-0.3, -0.25) is 9.59 Å². The zero-order valence-corrected chi connectivity index (χ0v) is 15.1. The maximum absolute atomic E-state index is 12.6. The lowest BCUT2D eigenvalue weighted by atomic mass is 10.1. The van der Waals surface area contributed by atoms with Gasteiger partial charge in [-0.05, 0) is 54.1 Å². The van der Waals surface area contributed by atoms with Crippen LogP contribution in [0.2, 0.25) is 5.02 Å². The number of rotatable bonds is 4. The van der Waals surface area contributed by atoms with Crippen molar-refractivity contribution in [2.24, 2.45) is 0 Å². The molecule has 0 aliphatic heterocycles. The molecule has 0 aliphatic carbocycles. The zero-order chi connectivity index (χ0) is 20.3. The van der Waals surface area contributed by atoms with Crippen LogP contribution in [0.4, 0.5) is 18.9 Å². The molecule has 1 amide bonds. The summed E-state index contributed by atoms with van der Waals surface area (Å²) in [4.78, 5) is 25.0. The Morgan fingerprint density at radius 1 is 1.00 bits per heavy atom. The van der Waals surface area contributed by atoms with Crippen LogP contribution in [0.1, 0.15) is 21.5 Å². The number of nitrogens with zero attached hydrogens (tertiary/aromatic N) is 1. The van der Waals surface area contributed by atoms with Gasteiger partial charge >= 0.3 is 6.18 Å². The smallest absolute Gasteiger partial charge is 0.322 e. The topological polar surface area (TPSA) is 51.1 Å². The molecule has 0 fully saturated rings. The highest BCUT2D eigenvalue weighted by molar-refractivity contribution is 6.30. The second-order valence-electron chi connectivity index (χ2n) is 6.01. The Bertz CT molecular complexity index is 1040. The highest BCUT2D eigenvalue weighted by Crippen LogP contribution is 2.29. The van der Waals surface area contributed by atoms with Crippen LogP contribution in [0.25, 0.3) is 0 Å². The lowest BCUT2D eigenvalue weighted by Gasteiger charge is -2.10. The van der Waals surface area contributed by atoms with E-state index in [-0.39, 0.29) is 12.1 Å². The summed E-state index contributed by atoms with van der Waals surface area (Å²) in [5.74, 6) is -0.589. The van der Waals surface area contributed by atoms with Crippen molar-refractivity contribution in [3.63, 3.8) is 0 Å². The number of carbonyl (C=O) groups is 1. The van der Waals surface area contributed by atoms with E-state index in [1.165, 1.54) is 35.0 Å². The molecule has 1 heterocycles. The summed E-state index contributed by atoms with van der Waals surface area (Å²) >= 11 is 5.79. The van der Waals surface area contributed by atoms with Crippen molar-refractivity contribution < 1.29 is 18.0 Å². The van der Waals surface area contributed by atoms with Gasteiger partial charge in [-0.1, -0.05) is 23.7 Å². The Hall–Kier alpha value is -3.06. The van der Waals surface area contributed by atoms with Crippen molar-refractivity contribution in [3.8, 4) is 0 Å². The van der Waals surface area contributed by atoms with E-state index < -0.39 is 23.2 Å². The Kier molecular flexibility index (Phi) is 5.56. The molecular weight excluding hydrogens is 393 g/mol. The normalized spacial score (nSPS) is 11.3. The lowest BCUT2D eigenvalue weighted by molar-refractivity contribution is -0.137. The molecule has 0 aliphatic rings. The fourth-order valence-corrected chi connectivity index (χ4v) is 2.69. The van der Waals surface area contributed by atoms with E-state index in [0.717, 1.165) is 12.1 Å². The Morgan fingerprint density at radius 3 is 2.25 bits per heavy atom. The number of halogens is 4. The van der Waals surface area contributed by atoms with E-state index in [4.69, 9.17) is 11.6 Å². The average Bonchev–Trinajstić information content (AvgIpc) is 2.65. The van der Waals surface area contributed by atoms with E-state index in [1.807, 2.05) is 0 Å². The number of nitrogens with one attached hydrogen (secondary N) is 1. The molecule has 2 aromatic carbocycles. The minimum absolute atomic E-state index is 0.0407. The molecule has 144 valence electrons.